The average Bonchev–Trinajstić information content (AvgIpc) is 2.72. The van der Waals surface area contributed by atoms with E-state index in [-0.39, 0.29) is 5.97 Å². The maximum Gasteiger partial charge on any atom is 0.319 e. The van der Waals surface area contributed by atoms with Crippen molar-refractivity contribution in [3.05, 3.63) is 5.82 Å². The Balaban J connectivity index is 2.35. The van der Waals surface area contributed by atoms with Crippen LogP contribution in [0.15, 0.2) is 0 Å². The second-order valence-corrected chi connectivity index (χ2v) is 4.78. The molecule has 1 fully saturated rings. The first-order valence-electron chi connectivity index (χ1n) is 7.04. The molecule has 0 amide bonds. The molecule has 2 rings (SSSR count). The molecule has 0 atom stereocenters. The summed E-state index contributed by atoms with van der Waals surface area (Å²) in [5.74, 6) is 1.32. The summed E-state index contributed by atoms with van der Waals surface area (Å²) in [6, 6.07) is 0. The van der Waals surface area contributed by atoms with Gasteiger partial charge in [0, 0.05) is 13.1 Å². The smallest absolute Gasteiger partial charge is 0.319 e. The molecular weight excluding hydrogens is 244 g/mol. The fourth-order valence-corrected chi connectivity index (χ4v) is 2.56. The van der Waals surface area contributed by atoms with Crippen LogP contribution in [0.5, 0.6) is 0 Å². The zero-order valence-corrected chi connectivity index (χ0v) is 11.9. The highest BCUT2D eigenvalue weighted by Crippen LogP contribution is 2.44. The van der Waals surface area contributed by atoms with E-state index in [9.17, 15) is 4.79 Å². The first-order valence-corrected chi connectivity index (χ1v) is 7.04. The maximum atomic E-state index is 12.3. The third-order valence-electron chi connectivity index (χ3n) is 3.70. The lowest BCUT2D eigenvalue weighted by molar-refractivity contribution is -0.154. The monoisotopic (exact) mass is 266 g/mol. The number of carbonyl (C=O) groups is 1. The first-order chi connectivity index (χ1) is 9.19. The molecule has 0 saturated heterocycles. The number of hydrogen-bond acceptors (Lipinski definition) is 5. The van der Waals surface area contributed by atoms with Gasteiger partial charge in [-0.2, -0.15) is 0 Å². The highest BCUT2D eigenvalue weighted by Gasteiger charge is 2.51. The number of esters is 1. The maximum absolute atomic E-state index is 12.3. The van der Waals surface area contributed by atoms with E-state index in [0.29, 0.717) is 6.61 Å². The number of rotatable bonds is 6. The number of anilines is 1. The van der Waals surface area contributed by atoms with Gasteiger partial charge in [0.05, 0.1) is 6.61 Å². The van der Waals surface area contributed by atoms with Crippen molar-refractivity contribution in [3.63, 3.8) is 0 Å². The second kappa shape index (κ2) is 5.59. The summed E-state index contributed by atoms with van der Waals surface area (Å²) in [5, 5.41) is 11.6. The quantitative estimate of drug-likeness (QED) is 0.794. The van der Waals surface area contributed by atoms with Gasteiger partial charge in [0.1, 0.15) is 5.41 Å². The second-order valence-electron chi connectivity index (χ2n) is 4.78. The first kappa shape index (κ1) is 13.8. The van der Waals surface area contributed by atoms with E-state index in [2.05, 4.69) is 15.5 Å². The Morgan fingerprint density at radius 3 is 2.58 bits per heavy atom. The molecule has 0 bridgehead atoms. The summed E-state index contributed by atoms with van der Waals surface area (Å²) in [6.07, 6.45) is 2.64. The number of carbonyl (C=O) groups excluding carboxylic acids is 1. The van der Waals surface area contributed by atoms with E-state index in [0.717, 1.165) is 44.1 Å². The lowest BCUT2D eigenvalue weighted by atomic mass is 9.68. The topological polar surface area (TPSA) is 69.0 Å². The van der Waals surface area contributed by atoms with Crippen LogP contribution in [0.4, 0.5) is 5.95 Å². The zero-order valence-electron chi connectivity index (χ0n) is 11.9. The molecule has 6 nitrogen and oxygen atoms in total. The van der Waals surface area contributed by atoms with Crippen LogP contribution in [0.2, 0.25) is 0 Å². The lowest BCUT2D eigenvalue weighted by Crippen LogP contribution is -2.46. The summed E-state index contributed by atoms with van der Waals surface area (Å²) < 4.78 is 7.22. The minimum atomic E-state index is -0.577. The zero-order chi connectivity index (χ0) is 13.9. The largest absolute Gasteiger partial charge is 0.465 e. The molecule has 0 aromatic carbocycles. The minimum absolute atomic E-state index is 0.161. The van der Waals surface area contributed by atoms with Crippen molar-refractivity contribution in [2.75, 3.05) is 18.5 Å². The number of ether oxygens (including phenoxy) is 1. The van der Waals surface area contributed by atoms with Crippen molar-refractivity contribution in [1.82, 2.24) is 14.8 Å². The Bertz CT molecular complexity index is 451. The summed E-state index contributed by atoms with van der Waals surface area (Å²) in [7, 11) is 0. The van der Waals surface area contributed by atoms with E-state index < -0.39 is 5.41 Å². The summed E-state index contributed by atoms with van der Waals surface area (Å²) >= 11 is 0. The van der Waals surface area contributed by atoms with Gasteiger partial charge in [0.15, 0.2) is 5.82 Å². The molecule has 19 heavy (non-hydrogen) atoms. The Morgan fingerprint density at radius 2 is 2.11 bits per heavy atom. The molecule has 0 radical (unpaired) electrons. The van der Waals surface area contributed by atoms with Crippen molar-refractivity contribution in [1.29, 1.82) is 0 Å². The molecule has 1 N–H and O–H groups in total. The van der Waals surface area contributed by atoms with Crippen LogP contribution in [0.1, 0.15) is 45.9 Å². The molecule has 1 saturated carbocycles. The van der Waals surface area contributed by atoms with Crippen LogP contribution < -0.4 is 5.32 Å². The predicted octanol–water partition coefficient (Wildman–Crippen LogP) is 1.71. The Kier molecular flexibility index (Phi) is 4.07. The molecule has 1 aromatic heterocycles. The molecule has 6 heteroatoms. The van der Waals surface area contributed by atoms with Gasteiger partial charge >= 0.3 is 5.97 Å². The van der Waals surface area contributed by atoms with Crippen molar-refractivity contribution in [2.45, 2.75) is 52.0 Å². The van der Waals surface area contributed by atoms with Crippen LogP contribution >= 0.6 is 0 Å². The molecule has 0 aliphatic heterocycles. The van der Waals surface area contributed by atoms with Gasteiger partial charge in [-0.05, 0) is 33.6 Å². The molecule has 106 valence electrons. The van der Waals surface area contributed by atoms with Gasteiger partial charge in [-0.15, -0.1) is 10.2 Å². The highest BCUT2D eigenvalue weighted by atomic mass is 16.5. The Labute approximate surface area is 113 Å². The predicted molar refractivity (Wildman–Crippen MR) is 72.0 cm³/mol. The van der Waals surface area contributed by atoms with E-state index in [4.69, 9.17) is 4.74 Å². The summed E-state index contributed by atoms with van der Waals surface area (Å²) in [5.41, 5.74) is -0.577. The summed E-state index contributed by atoms with van der Waals surface area (Å²) in [6.45, 7) is 7.81. The van der Waals surface area contributed by atoms with Crippen molar-refractivity contribution < 1.29 is 9.53 Å². The van der Waals surface area contributed by atoms with Crippen LogP contribution in [0, 0.1) is 0 Å². The van der Waals surface area contributed by atoms with Gasteiger partial charge in [-0.3, -0.25) is 9.36 Å². The molecular formula is C13H22N4O2. The SMILES string of the molecule is CCNc1nnc(C2(C(=O)OCC)CCC2)n1CC. The summed E-state index contributed by atoms with van der Waals surface area (Å²) in [4.78, 5) is 12.3. The fraction of sp³-hybridized carbons (Fsp3) is 0.769. The molecule has 0 unspecified atom stereocenters. The van der Waals surface area contributed by atoms with E-state index in [1.54, 1.807) is 0 Å². The van der Waals surface area contributed by atoms with Crippen molar-refractivity contribution in [3.8, 4) is 0 Å². The highest BCUT2D eigenvalue weighted by molar-refractivity contribution is 5.83. The molecule has 1 aromatic rings. The van der Waals surface area contributed by atoms with Gasteiger partial charge in [-0.25, -0.2) is 0 Å². The van der Waals surface area contributed by atoms with Crippen LogP contribution in [-0.2, 0) is 21.5 Å². The number of nitrogens with one attached hydrogen (secondary N) is 1. The lowest BCUT2D eigenvalue weighted by Gasteiger charge is -2.38. The molecule has 1 heterocycles. The van der Waals surface area contributed by atoms with E-state index in [1.165, 1.54) is 0 Å². The standard InChI is InChI=1S/C13H22N4O2/c1-4-14-12-16-15-10(17(12)5-2)13(8-7-9-13)11(18)19-6-3/h4-9H2,1-3H3,(H,14,16). The molecule has 1 aliphatic rings. The molecule has 0 spiro atoms. The molecule has 1 aliphatic carbocycles. The normalized spacial score (nSPS) is 16.8. The van der Waals surface area contributed by atoms with Gasteiger partial charge in [-0.1, -0.05) is 6.42 Å². The third kappa shape index (κ3) is 2.19. The van der Waals surface area contributed by atoms with Gasteiger partial charge in [0.25, 0.3) is 0 Å². The van der Waals surface area contributed by atoms with E-state index in [1.807, 2.05) is 25.3 Å². The van der Waals surface area contributed by atoms with Crippen molar-refractivity contribution in [2.24, 2.45) is 0 Å². The Hall–Kier alpha value is -1.59. The number of aromatic nitrogens is 3. The average molecular weight is 266 g/mol. The Morgan fingerprint density at radius 1 is 1.37 bits per heavy atom. The van der Waals surface area contributed by atoms with Crippen LogP contribution in [0.25, 0.3) is 0 Å². The van der Waals surface area contributed by atoms with E-state index >= 15 is 0 Å². The third-order valence-corrected chi connectivity index (χ3v) is 3.70. The van der Waals surface area contributed by atoms with Gasteiger partial charge in [0.2, 0.25) is 5.95 Å². The fourth-order valence-electron chi connectivity index (χ4n) is 2.56. The van der Waals surface area contributed by atoms with Crippen LogP contribution in [-0.4, -0.2) is 33.9 Å². The van der Waals surface area contributed by atoms with Gasteiger partial charge < -0.3 is 10.1 Å². The van der Waals surface area contributed by atoms with Crippen molar-refractivity contribution >= 4 is 11.9 Å². The minimum Gasteiger partial charge on any atom is -0.465 e. The number of hydrogen-bond donors (Lipinski definition) is 1. The van der Waals surface area contributed by atoms with Crippen LogP contribution in [0.3, 0.4) is 0 Å². The number of nitrogens with zero attached hydrogens (tertiary/aromatic N) is 3.